The second-order valence-corrected chi connectivity index (χ2v) is 4.75. The molecule has 0 heterocycles. The van der Waals surface area contributed by atoms with Crippen LogP contribution in [-0.4, -0.2) is 11.5 Å². The van der Waals surface area contributed by atoms with Gasteiger partial charge in [0.1, 0.15) is 0 Å². The molecule has 1 aromatic rings. The number of hydroxylamine groups is 1. The van der Waals surface area contributed by atoms with E-state index in [0.29, 0.717) is 5.56 Å². The van der Waals surface area contributed by atoms with Crippen molar-refractivity contribution in [2.75, 3.05) is 0 Å². The van der Waals surface area contributed by atoms with E-state index in [1.165, 1.54) is 6.08 Å². The van der Waals surface area contributed by atoms with Crippen molar-refractivity contribution in [1.82, 2.24) is 5.48 Å². The average Bonchev–Trinajstić information content (AvgIpc) is 2.33. The van der Waals surface area contributed by atoms with E-state index < -0.39 is 5.60 Å². The van der Waals surface area contributed by atoms with Crippen LogP contribution in [0.1, 0.15) is 31.9 Å². The molecule has 0 atom stereocenters. The van der Waals surface area contributed by atoms with E-state index in [1.54, 1.807) is 24.3 Å². The minimum Gasteiger partial charge on any atom is -0.268 e. The Bertz CT molecular complexity index is 493. The van der Waals surface area contributed by atoms with Gasteiger partial charge in [-0.25, -0.2) is 5.48 Å². The first-order valence-corrected chi connectivity index (χ1v) is 5.57. The normalized spacial score (nSPS) is 11.2. The van der Waals surface area contributed by atoms with Gasteiger partial charge in [0, 0.05) is 6.08 Å². The number of benzene rings is 1. The molecule has 0 saturated heterocycles. The first-order chi connectivity index (χ1) is 8.40. The molecule has 0 saturated carbocycles. The van der Waals surface area contributed by atoms with Gasteiger partial charge in [-0.15, -0.1) is 0 Å². The fraction of sp³-hybridized carbons (Fsp3) is 0.286. The van der Waals surface area contributed by atoms with Gasteiger partial charge in [0.25, 0.3) is 5.91 Å². The molecule has 0 aliphatic carbocycles. The molecule has 18 heavy (non-hydrogen) atoms. The number of carbonyl (C=O) groups excluding carboxylic acids is 1. The molecular weight excluding hydrogens is 228 g/mol. The summed E-state index contributed by atoms with van der Waals surface area (Å²) in [5, 5.41) is 8.74. The van der Waals surface area contributed by atoms with Gasteiger partial charge in [0.05, 0.1) is 17.2 Å². The smallest absolute Gasteiger partial charge is 0.267 e. The third kappa shape index (κ3) is 5.28. The Kier molecular flexibility index (Phi) is 4.64. The second kappa shape index (κ2) is 5.99. The predicted molar refractivity (Wildman–Crippen MR) is 69.2 cm³/mol. The largest absolute Gasteiger partial charge is 0.268 e. The van der Waals surface area contributed by atoms with Crippen LogP contribution in [0, 0.1) is 11.3 Å². The number of nitriles is 1. The van der Waals surface area contributed by atoms with Gasteiger partial charge in [-0.1, -0.05) is 12.1 Å². The highest BCUT2D eigenvalue weighted by Crippen LogP contribution is 2.06. The van der Waals surface area contributed by atoms with E-state index in [-0.39, 0.29) is 5.91 Å². The highest BCUT2D eigenvalue weighted by atomic mass is 16.7. The van der Waals surface area contributed by atoms with Crippen LogP contribution in [0.2, 0.25) is 0 Å². The summed E-state index contributed by atoms with van der Waals surface area (Å²) < 4.78 is 0. The Morgan fingerprint density at radius 1 is 1.44 bits per heavy atom. The molecule has 1 amide bonds. The van der Waals surface area contributed by atoms with Crippen LogP contribution < -0.4 is 5.48 Å². The number of hydrogen-bond donors (Lipinski definition) is 1. The number of hydrogen-bond acceptors (Lipinski definition) is 3. The molecule has 0 fully saturated rings. The minimum absolute atomic E-state index is 0.340. The topological polar surface area (TPSA) is 62.1 Å². The number of nitrogens with one attached hydrogen (secondary N) is 1. The lowest BCUT2D eigenvalue weighted by molar-refractivity contribution is -0.140. The lowest BCUT2D eigenvalue weighted by Gasteiger charge is -2.17. The third-order valence-corrected chi connectivity index (χ3v) is 1.90. The molecule has 0 bridgehead atoms. The summed E-state index contributed by atoms with van der Waals surface area (Å²) in [6.45, 7) is 5.52. The van der Waals surface area contributed by atoms with Crippen LogP contribution in [0.25, 0.3) is 6.08 Å². The molecule has 1 N–H and O–H groups in total. The van der Waals surface area contributed by atoms with Gasteiger partial charge >= 0.3 is 0 Å². The Morgan fingerprint density at radius 2 is 2.17 bits per heavy atom. The van der Waals surface area contributed by atoms with Crippen LogP contribution in [0.4, 0.5) is 0 Å². The van der Waals surface area contributed by atoms with E-state index in [9.17, 15) is 4.79 Å². The minimum atomic E-state index is -0.426. The monoisotopic (exact) mass is 244 g/mol. The maximum Gasteiger partial charge on any atom is 0.267 e. The van der Waals surface area contributed by atoms with Crippen LogP contribution in [0.3, 0.4) is 0 Å². The molecule has 0 aliphatic rings. The van der Waals surface area contributed by atoms with Crippen LogP contribution >= 0.6 is 0 Å². The first kappa shape index (κ1) is 13.9. The lowest BCUT2D eigenvalue weighted by Crippen LogP contribution is -2.32. The molecule has 4 heteroatoms. The van der Waals surface area contributed by atoms with Gasteiger partial charge in [0.15, 0.2) is 0 Å². The zero-order chi connectivity index (χ0) is 13.6. The fourth-order valence-corrected chi connectivity index (χ4v) is 1.12. The summed E-state index contributed by atoms with van der Waals surface area (Å²) in [7, 11) is 0. The van der Waals surface area contributed by atoms with E-state index in [0.717, 1.165) is 5.56 Å². The Morgan fingerprint density at radius 3 is 2.78 bits per heavy atom. The zero-order valence-electron chi connectivity index (χ0n) is 10.7. The van der Waals surface area contributed by atoms with Crippen LogP contribution in [0.5, 0.6) is 0 Å². The van der Waals surface area contributed by atoms with Crippen molar-refractivity contribution in [3.8, 4) is 6.07 Å². The summed E-state index contributed by atoms with van der Waals surface area (Å²) >= 11 is 0. The highest BCUT2D eigenvalue weighted by molar-refractivity contribution is 5.91. The van der Waals surface area contributed by atoms with Gasteiger partial charge in [-0.3, -0.25) is 9.63 Å². The maximum absolute atomic E-state index is 11.4. The van der Waals surface area contributed by atoms with Crippen molar-refractivity contribution < 1.29 is 9.63 Å². The zero-order valence-corrected chi connectivity index (χ0v) is 10.7. The molecule has 0 aliphatic heterocycles. The summed E-state index contributed by atoms with van der Waals surface area (Å²) in [5.41, 5.74) is 3.25. The molecule has 4 nitrogen and oxygen atoms in total. The Hall–Kier alpha value is -2.12. The van der Waals surface area contributed by atoms with E-state index in [4.69, 9.17) is 10.1 Å². The van der Waals surface area contributed by atoms with Gasteiger partial charge in [-0.2, -0.15) is 5.26 Å². The molecular formula is C14H16N2O2. The summed E-state index contributed by atoms with van der Waals surface area (Å²) in [4.78, 5) is 16.6. The van der Waals surface area contributed by atoms with Crippen molar-refractivity contribution in [3.63, 3.8) is 0 Å². The maximum atomic E-state index is 11.4. The molecule has 0 unspecified atom stereocenters. The third-order valence-electron chi connectivity index (χ3n) is 1.90. The summed E-state index contributed by atoms with van der Waals surface area (Å²) in [6.07, 6.45) is 2.99. The van der Waals surface area contributed by atoms with Crippen molar-refractivity contribution in [2.45, 2.75) is 26.4 Å². The molecule has 1 rings (SSSR count). The molecule has 94 valence electrons. The summed E-state index contributed by atoms with van der Waals surface area (Å²) in [5.74, 6) is -0.340. The molecule has 0 spiro atoms. The Balaban J connectivity index is 2.58. The quantitative estimate of drug-likeness (QED) is 0.656. The predicted octanol–water partition coefficient (Wildman–Crippen LogP) is 2.42. The van der Waals surface area contributed by atoms with Gasteiger partial charge in [-0.05, 0) is 44.5 Å². The van der Waals surface area contributed by atoms with Crippen LogP contribution in [-0.2, 0) is 9.63 Å². The Labute approximate surface area is 107 Å². The highest BCUT2D eigenvalue weighted by Gasteiger charge is 2.11. The van der Waals surface area contributed by atoms with E-state index in [2.05, 4.69) is 5.48 Å². The first-order valence-electron chi connectivity index (χ1n) is 5.57. The van der Waals surface area contributed by atoms with Crippen molar-refractivity contribution >= 4 is 12.0 Å². The van der Waals surface area contributed by atoms with E-state index in [1.807, 2.05) is 32.9 Å². The summed E-state index contributed by atoms with van der Waals surface area (Å²) in [6, 6.07) is 9.03. The van der Waals surface area contributed by atoms with Gasteiger partial charge in [0.2, 0.25) is 0 Å². The van der Waals surface area contributed by atoms with Crippen molar-refractivity contribution in [3.05, 3.63) is 41.5 Å². The number of nitrogens with zero attached hydrogens (tertiary/aromatic N) is 1. The van der Waals surface area contributed by atoms with Crippen molar-refractivity contribution in [1.29, 1.82) is 5.26 Å². The number of carbonyl (C=O) groups is 1. The lowest BCUT2D eigenvalue weighted by atomic mass is 10.1. The second-order valence-electron chi connectivity index (χ2n) is 4.75. The number of rotatable bonds is 3. The number of amides is 1. The van der Waals surface area contributed by atoms with E-state index >= 15 is 0 Å². The SMILES string of the molecule is CC(C)(C)ONC(=O)/C=C/c1cccc(C#N)c1. The fourth-order valence-electron chi connectivity index (χ4n) is 1.12. The van der Waals surface area contributed by atoms with Crippen molar-refractivity contribution in [2.24, 2.45) is 0 Å². The molecule has 0 radical (unpaired) electrons. The average molecular weight is 244 g/mol. The van der Waals surface area contributed by atoms with Crippen LogP contribution in [0.15, 0.2) is 30.3 Å². The standard InChI is InChI=1S/C14H16N2O2/c1-14(2,3)18-16-13(17)8-7-11-5-4-6-12(9-11)10-15/h4-9H,1-3H3,(H,16,17)/b8-7+. The van der Waals surface area contributed by atoms with Gasteiger partial charge < -0.3 is 0 Å². The molecule has 0 aromatic heterocycles. The molecule has 1 aromatic carbocycles.